The molecule has 4 aliphatic rings. The number of aliphatic hydroxyl groups excluding tert-OH is 2. The van der Waals surface area contributed by atoms with Gasteiger partial charge in [0, 0.05) is 12.3 Å². The predicted molar refractivity (Wildman–Crippen MR) is 84.0 cm³/mol. The molecule has 0 heterocycles. The quantitative estimate of drug-likeness (QED) is 0.723. The van der Waals surface area contributed by atoms with E-state index >= 15 is 0 Å². The van der Waals surface area contributed by atoms with Crippen LogP contribution in [-0.4, -0.2) is 28.2 Å². The largest absolute Gasteiger partial charge is 0.393 e. The van der Waals surface area contributed by atoms with Gasteiger partial charge in [-0.25, -0.2) is 0 Å². The van der Waals surface area contributed by atoms with Crippen LogP contribution in [-0.2, 0) is 4.79 Å². The van der Waals surface area contributed by atoms with E-state index in [9.17, 15) is 15.0 Å². The van der Waals surface area contributed by atoms with Crippen LogP contribution < -0.4 is 0 Å². The van der Waals surface area contributed by atoms with Crippen molar-refractivity contribution < 1.29 is 15.0 Å². The average Bonchev–Trinajstić information content (AvgIpc) is 2.75. The van der Waals surface area contributed by atoms with Crippen LogP contribution in [0, 0.1) is 28.6 Å². The summed E-state index contributed by atoms with van der Waals surface area (Å²) in [7, 11) is 0. The Morgan fingerprint density at radius 2 is 2.00 bits per heavy atom. The molecule has 0 bridgehead atoms. The Morgan fingerprint density at radius 1 is 1.23 bits per heavy atom. The minimum Gasteiger partial charge on any atom is -0.393 e. The van der Waals surface area contributed by atoms with Crippen LogP contribution in [0.4, 0.5) is 0 Å². The van der Waals surface area contributed by atoms with Gasteiger partial charge in [0.1, 0.15) is 0 Å². The van der Waals surface area contributed by atoms with Crippen molar-refractivity contribution in [2.45, 2.75) is 58.2 Å². The lowest BCUT2D eigenvalue weighted by atomic mass is 9.48. The van der Waals surface area contributed by atoms with E-state index in [2.05, 4.69) is 26.0 Å². The molecule has 0 amide bonds. The first-order valence-electron chi connectivity index (χ1n) is 8.65. The van der Waals surface area contributed by atoms with E-state index in [1.807, 2.05) is 0 Å². The monoisotopic (exact) mass is 302 g/mol. The SMILES string of the molecule is C[C@]12C[C@H](O)[C@H]3[C@@H](C=CC4=CC(=O)CC[C@@]43C)[C@@H]1CC[C@@H]2O. The Kier molecular flexibility index (Phi) is 3.03. The molecule has 22 heavy (non-hydrogen) atoms. The molecule has 2 N–H and O–H groups in total. The van der Waals surface area contributed by atoms with Gasteiger partial charge in [0.05, 0.1) is 12.2 Å². The molecule has 3 nitrogen and oxygen atoms in total. The van der Waals surface area contributed by atoms with Crippen molar-refractivity contribution in [3.05, 3.63) is 23.8 Å². The minimum atomic E-state index is -0.398. The summed E-state index contributed by atoms with van der Waals surface area (Å²) >= 11 is 0. The summed E-state index contributed by atoms with van der Waals surface area (Å²) in [6, 6.07) is 0. The molecule has 7 atom stereocenters. The molecule has 0 aromatic heterocycles. The van der Waals surface area contributed by atoms with Gasteiger partial charge in [0.15, 0.2) is 5.78 Å². The van der Waals surface area contributed by atoms with Gasteiger partial charge in [-0.1, -0.05) is 26.0 Å². The highest BCUT2D eigenvalue weighted by Crippen LogP contribution is 2.63. The maximum atomic E-state index is 11.8. The molecule has 0 saturated heterocycles. The Labute approximate surface area is 132 Å². The maximum absolute atomic E-state index is 11.8. The van der Waals surface area contributed by atoms with Gasteiger partial charge in [0.2, 0.25) is 0 Å². The molecule has 4 aliphatic carbocycles. The zero-order valence-corrected chi connectivity index (χ0v) is 13.5. The van der Waals surface area contributed by atoms with Gasteiger partial charge in [-0.05, 0) is 60.0 Å². The third-order valence-corrected chi connectivity index (χ3v) is 7.40. The second-order valence-electron chi connectivity index (χ2n) is 8.42. The molecule has 0 aromatic carbocycles. The van der Waals surface area contributed by atoms with E-state index in [4.69, 9.17) is 0 Å². The van der Waals surface area contributed by atoms with E-state index in [-0.39, 0.29) is 28.6 Å². The highest BCUT2D eigenvalue weighted by molar-refractivity contribution is 5.92. The fourth-order valence-corrected chi connectivity index (χ4v) is 6.10. The van der Waals surface area contributed by atoms with Crippen molar-refractivity contribution in [2.75, 3.05) is 0 Å². The molecule has 0 spiro atoms. The molecular formula is C19H26O3. The van der Waals surface area contributed by atoms with Crippen molar-refractivity contribution in [3.8, 4) is 0 Å². The van der Waals surface area contributed by atoms with Gasteiger partial charge in [0.25, 0.3) is 0 Å². The van der Waals surface area contributed by atoms with Crippen LogP contribution in [0.1, 0.15) is 46.0 Å². The number of carbonyl (C=O) groups excluding carboxylic acids is 1. The van der Waals surface area contributed by atoms with E-state index in [1.54, 1.807) is 6.08 Å². The molecular weight excluding hydrogens is 276 g/mol. The van der Waals surface area contributed by atoms with Gasteiger partial charge in [-0.2, -0.15) is 0 Å². The van der Waals surface area contributed by atoms with Gasteiger partial charge < -0.3 is 10.2 Å². The van der Waals surface area contributed by atoms with Gasteiger partial charge in [-0.3, -0.25) is 4.79 Å². The fraction of sp³-hybridized carbons (Fsp3) is 0.737. The fourth-order valence-electron chi connectivity index (χ4n) is 6.10. The second-order valence-corrected chi connectivity index (χ2v) is 8.42. The number of allylic oxidation sites excluding steroid dienone is 4. The van der Waals surface area contributed by atoms with E-state index in [1.165, 1.54) is 0 Å². The summed E-state index contributed by atoms with van der Waals surface area (Å²) in [5.41, 5.74) is 0.848. The highest BCUT2D eigenvalue weighted by Gasteiger charge is 2.60. The average molecular weight is 302 g/mol. The predicted octanol–water partition coefficient (Wildman–Crippen LogP) is 2.63. The third-order valence-electron chi connectivity index (χ3n) is 7.40. The normalized spacial score (nSPS) is 53.5. The van der Waals surface area contributed by atoms with Crippen LogP contribution >= 0.6 is 0 Å². The molecule has 0 unspecified atom stereocenters. The number of carbonyl (C=O) groups is 1. The van der Waals surface area contributed by atoms with E-state index in [0.717, 1.165) is 24.8 Å². The first-order valence-corrected chi connectivity index (χ1v) is 8.65. The van der Waals surface area contributed by atoms with Crippen LogP contribution in [0.3, 0.4) is 0 Å². The van der Waals surface area contributed by atoms with Gasteiger partial charge >= 0.3 is 0 Å². The molecule has 3 heteroatoms. The first-order chi connectivity index (χ1) is 10.4. The molecule has 0 radical (unpaired) electrons. The zero-order valence-electron chi connectivity index (χ0n) is 13.5. The standard InChI is InChI=1S/C19H26O3/c1-18-8-7-12(20)9-11(18)3-4-13-14-5-6-16(22)19(14,2)10-15(21)17(13)18/h3-4,9,13-17,21-22H,5-8,10H2,1-2H3/t13-,14-,15-,16-,17+,18-,19-/m0/s1. The smallest absolute Gasteiger partial charge is 0.156 e. The summed E-state index contributed by atoms with van der Waals surface area (Å²) in [5, 5.41) is 21.4. The molecule has 2 saturated carbocycles. The lowest BCUT2D eigenvalue weighted by Crippen LogP contribution is -2.56. The Hall–Kier alpha value is -0.930. The van der Waals surface area contributed by atoms with E-state index in [0.29, 0.717) is 24.7 Å². The van der Waals surface area contributed by atoms with Gasteiger partial charge in [-0.15, -0.1) is 0 Å². The Bertz CT molecular complexity index is 577. The molecule has 4 rings (SSSR count). The summed E-state index contributed by atoms with van der Waals surface area (Å²) in [4.78, 5) is 11.8. The maximum Gasteiger partial charge on any atom is 0.156 e. The zero-order chi connectivity index (χ0) is 15.7. The van der Waals surface area contributed by atoms with Crippen LogP contribution in [0.2, 0.25) is 0 Å². The van der Waals surface area contributed by atoms with Crippen molar-refractivity contribution in [3.63, 3.8) is 0 Å². The van der Waals surface area contributed by atoms with Crippen molar-refractivity contribution >= 4 is 5.78 Å². The summed E-state index contributed by atoms with van der Waals surface area (Å²) in [6.07, 6.45) is 9.46. The van der Waals surface area contributed by atoms with Crippen LogP contribution in [0.5, 0.6) is 0 Å². The topological polar surface area (TPSA) is 57.5 Å². The summed E-state index contributed by atoms with van der Waals surface area (Å²) in [5.74, 6) is 1.16. The van der Waals surface area contributed by atoms with Crippen molar-refractivity contribution in [1.82, 2.24) is 0 Å². The second kappa shape index (κ2) is 4.55. The van der Waals surface area contributed by atoms with Crippen molar-refractivity contribution in [2.24, 2.45) is 28.6 Å². The minimum absolute atomic E-state index is 0.0956. The third kappa shape index (κ3) is 1.73. The molecule has 0 aliphatic heterocycles. The van der Waals surface area contributed by atoms with Crippen LogP contribution in [0.25, 0.3) is 0 Å². The molecule has 2 fully saturated rings. The lowest BCUT2D eigenvalue weighted by molar-refractivity contribution is -0.125. The highest BCUT2D eigenvalue weighted by atomic mass is 16.3. The number of hydrogen-bond donors (Lipinski definition) is 2. The number of aliphatic hydroxyl groups is 2. The van der Waals surface area contributed by atoms with E-state index < -0.39 is 6.10 Å². The number of hydrogen-bond acceptors (Lipinski definition) is 3. The number of rotatable bonds is 0. The Balaban J connectivity index is 1.80. The number of ketones is 1. The first kappa shape index (κ1) is 14.6. The Morgan fingerprint density at radius 3 is 2.77 bits per heavy atom. The summed E-state index contributed by atoms with van der Waals surface area (Å²) < 4.78 is 0. The summed E-state index contributed by atoms with van der Waals surface area (Å²) in [6.45, 7) is 4.38. The molecule has 0 aromatic rings. The number of fused-ring (bicyclic) bond motifs is 5. The van der Waals surface area contributed by atoms with Crippen LogP contribution in [0.15, 0.2) is 23.8 Å². The van der Waals surface area contributed by atoms with Crippen molar-refractivity contribution in [1.29, 1.82) is 0 Å². The molecule has 120 valence electrons. The lowest BCUT2D eigenvalue weighted by Gasteiger charge is -2.57.